The Hall–Kier alpha value is -1.46. The van der Waals surface area contributed by atoms with Crippen LogP contribution in [0.15, 0.2) is 12.3 Å². The minimum atomic E-state index is -0.720. The van der Waals surface area contributed by atoms with Crippen molar-refractivity contribution in [1.29, 1.82) is 0 Å². The first-order chi connectivity index (χ1) is 9.72. The van der Waals surface area contributed by atoms with Gasteiger partial charge in [-0.3, -0.25) is 0 Å². The van der Waals surface area contributed by atoms with Crippen LogP contribution in [0.3, 0.4) is 0 Å². The Kier molecular flexibility index (Phi) is 4.35. The second-order valence-electron chi connectivity index (χ2n) is 6.47. The lowest BCUT2D eigenvalue weighted by Gasteiger charge is -2.30. The van der Waals surface area contributed by atoms with E-state index >= 15 is 0 Å². The maximum Gasteiger partial charge on any atom is 0.155 e. The molecule has 2 rings (SSSR count). The lowest BCUT2D eigenvalue weighted by atomic mass is 9.92. The number of rotatable bonds is 5. The second kappa shape index (κ2) is 5.73. The number of hydrogen-bond acceptors (Lipinski definition) is 4. The summed E-state index contributed by atoms with van der Waals surface area (Å²) in [6, 6.07) is 2.08. The van der Waals surface area contributed by atoms with Crippen molar-refractivity contribution in [2.75, 3.05) is 6.54 Å². The highest BCUT2D eigenvalue weighted by molar-refractivity contribution is 5.42. The van der Waals surface area contributed by atoms with Gasteiger partial charge in [0.25, 0.3) is 0 Å². The van der Waals surface area contributed by atoms with Crippen LogP contribution in [-0.4, -0.2) is 31.9 Å². The normalized spacial score (nSPS) is 16.4. The van der Waals surface area contributed by atoms with Gasteiger partial charge in [0.1, 0.15) is 0 Å². The van der Waals surface area contributed by atoms with E-state index < -0.39 is 5.60 Å². The number of nitrogens with one attached hydrogen (secondary N) is 1. The van der Waals surface area contributed by atoms with Gasteiger partial charge in [0.05, 0.1) is 11.3 Å². The first-order valence-electron chi connectivity index (χ1n) is 7.50. The smallest absolute Gasteiger partial charge is 0.155 e. The molecule has 5 heteroatoms. The van der Waals surface area contributed by atoms with Crippen molar-refractivity contribution < 1.29 is 5.11 Å². The lowest BCUT2D eigenvalue weighted by Crippen LogP contribution is -2.43. The average Bonchev–Trinajstić information content (AvgIpc) is 2.78. The van der Waals surface area contributed by atoms with Gasteiger partial charge in [-0.05, 0) is 33.6 Å². The van der Waals surface area contributed by atoms with Crippen LogP contribution in [0.5, 0.6) is 0 Å². The van der Waals surface area contributed by atoms with Crippen LogP contribution in [0, 0.1) is 19.8 Å². The summed E-state index contributed by atoms with van der Waals surface area (Å²) in [5.74, 6) is 0.202. The van der Waals surface area contributed by atoms with Gasteiger partial charge in [0, 0.05) is 36.1 Å². The Morgan fingerprint density at radius 3 is 2.62 bits per heavy atom. The van der Waals surface area contributed by atoms with Gasteiger partial charge in [-0.15, -0.1) is 0 Å². The van der Waals surface area contributed by atoms with E-state index in [0.717, 1.165) is 22.6 Å². The predicted molar refractivity (Wildman–Crippen MR) is 84.3 cm³/mol. The van der Waals surface area contributed by atoms with E-state index in [1.54, 1.807) is 0 Å². The van der Waals surface area contributed by atoms with Crippen LogP contribution >= 0.6 is 0 Å². The van der Waals surface area contributed by atoms with Gasteiger partial charge in [0.2, 0.25) is 0 Å². The summed E-state index contributed by atoms with van der Waals surface area (Å²) >= 11 is 0. The molecule has 0 aromatic carbocycles. The first-order valence-corrected chi connectivity index (χ1v) is 7.50. The van der Waals surface area contributed by atoms with Crippen molar-refractivity contribution in [3.05, 3.63) is 29.2 Å². The highest BCUT2D eigenvalue weighted by Gasteiger charge is 2.25. The van der Waals surface area contributed by atoms with Crippen LogP contribution in [0.25, 0.3) is 5.65 Å². The van der Waals surface area contributed by atoms with Gasteiger partial charge < -0.3 is 10.4 Å². The molecule has 5 nitrogen and oxygen atoms in total. The summed E-state index contributed by atoms with van der Waals surface area (Å²) in [5.41, 5.74) is 3.30. The van der Waals surface area contributed by atoms with Crippen LogP contribution in [0.1, 0.15) is 50.7 Å². The van der Waals surface area contributed by atoms with Crippen LogP contribution < -0.4 is 5.32 Å². The molecule has 0 saturated heterocycles. The molecule has 0 fully saturated rings. The molecule has 0 aliphatic rings. The highest BCUT2D eigenvalue weighted by atomic mass is 16.3. The quantitative estimate of drug-likeness (QED) is 0.887. The van der Waals surface area contributed by atoms with Crippen LogP contribution in [0.2, 0.25) is 0 Å². The molecule has 116 valence electrons. The summed E-state index contributed by atoms with van der Waals surface area (Å²) in [6.07, 6.45) is 1.90. The van der Waals surface area contributed by atoms with E-state index in [4.69, 9.17) is 0 Å². The molecule has 0 spiro atoms. The standard InChI is InChI=1S/C16H26N4O/c1-10(2)16(6,21)9-18-12(4)14-8-17-15-7-11(3)19-20(15)13(14)5/h7-8,10,12,18,21H,9H2,1-6H3. The fourth-order valence-electron chi connectivity index (χ4n) is 2.27. The Morgan fingerprint density at radius 1 is 1.33 bits per heavy atom. The van der Waals surface area contributed by atoms with Crippen LogP contribution in [-0.2, 0) is 0 Å². The largest absolute Gasteiger partial charge is 0.389 e. The maximum absolute atomic E-state index is 10.3. The molecule has 0 amide bonds. The SMILES string of the molecule is Cc1cc2ncc(C(C)NCC(C)(O)C(C)C)c(C)n2n1. The molecule has 0 aliphatic carbocycles. The molecule has 0 saturated carbocycles. The van der Waals surface area contributed by atoms with Crippen molar-refractivity contribution in [3.63, 3.8) is 0 Å². The molecular formula is C16H26N4O. The van der Waals surface area contributed by atoms with E-state index in [0.29, 0.717) is 6.54 Å². The molecule has 2 aromatic heterocycles. The molecule has 2 heterocycles. The predicted octanol–water partition coefficient (Wildman–Crippen LogP) is 2.40. The Labute approximate surface area is 126 Å². The topological polar surface area (TPSA) is 62.5 Å². The van der Waals surface area contributed by atoms with Crippen LogP contribution in [0.4, 0.5) is 0 Å². The Bertz CT molecular complexity index is 630. The summed E-state index contributed by atoms with van der Waals surface area (Å²) in [6.45, 7) is 12.6. The molecular weight excluding hydrogens is 264 g/mol. The Balaban J connectivity index is 2.20. The lowest BCUT2D eigenvalue weighted by molar-refractivity contribution is 0.0121. The number of aliphatic hydroxyl groups is 1. The van der Waals surface area contributed by atoms with Gasteiger partial charge in [-0.2, -0.15) is 5.10 Å². The van der Waals surface area contributed by atoms with E-state index in [1.165, 1.54) is 0 Å². The monoisotopic (exact) mass is 290 g/mol. The number of hydrogen-bond donors (Lipinski definition) is 2. The van der Waals surface area contributed by atoms with Gasteiger partial charge in [-0.25, -0.2) is 9.50 Å². The van der Waals surface area contributed by atoms with Crippen molar-refractivity contribution >= 4 is 5.65 Å². The van der Waals surface area contributed by atoms with Crippen molar-refractivity contribution in [2.24, 2.45) is 5.92 Å². The van der Waals surface area contributed by atoms with Gasteiger partial charge in [-0.1, -0.05) is 13.8 Å². The summed E-state index contributed by atoms with van der Waals surface area (Å²) < 4.78 is 1.88. The zero-order valence-corrected chi connectivity index (χ0v) is 13.8. The van der Waals surface area contributed by atoms with Gasteiger partial charge >= 0.3 is 0 Å². The van der Waals surface area contributed by atoms with E-state index in [9.17, 15) is 5.11 Å². The van der Waals surface area contributed by atoms with Crippen molar-refractivity contribution in [3.8, 4) is 0 Å². The number of fused-ring (bicyclic) bond motifs is 1. The third kappa shape index (κ3) is 3.24. The van der Waals surface area contributed by atoms with Crippen molar-refractivity contribution in [1.82, 2.24) is 19.9 Å². The molecule has 2 aromatic rings. The van der Waals surface area contributed by atoms with Crippen molar-refractivity contribution in [2.45, 2.75) is 53.2 Å². The maximum atomic E-state index is 10.3. The molecule has 2 N–H and O–H groups in total. The zero-order chi connectivity index (χ0) is 15.8. The molecule has 0 aliphatic heterocycles. The fourth-order valence-corrected chi connectivity index (χ4v) is 2.27. The molecule has 0 radical (unpaired) electrons. The molecule has 21 heavy (non-hydrogen) atoms. The Morgan fingerprint density at radius 2 is 2.00 bits per heavy atom. The minimum absolute atomic E-state index is 0.108. The average molecular weight is 290 g/mol. The third-order valence-corrected chi connectivity index (χ3v) is 4.36. The summed E-state index contributed by atoms with van der Waals surface area (Å²) in [5, 5.41) is 18.2. The molecule has 2 unspecified atom stereocenters. The third-order valence-electron chi connectivity index (χ3n) is 4.36. The number of aromatic nitrogens is 3. The summed E-state index contributed by atoms with van der Waals surface area (Å²) in [7, 11) is 0. The fraction of sp³-hybridized carbons (Fsp3) is 0.625. The first kappa shape index (κ1) is 15.9. The van der Waals surface area contributed by atoms with Gasteiger partial charge in [0.15, 0.2) is 5.65 Å². The second-order valence-corrected chi connectivity index (χ2v) is 6.47. The number of aryl methyl sites for hydroxylation is 2. The van der Waals surface area contributed by atoms with E-state index in [-0.39, 0.29) is 12.0 Å². The van der Waals surface area contributed by atoms with E-state index in [2.05, 4.69) is 29.2 Å². The zero-order valence-electron chi connectivity index (χ0n) is 13.8. The highest BCUT2D eigenvalue weighted by Crippen LogP contribution is 2.20. The minimum Gasteiger partial charge on any atom is -0.389 e. The summed E-state index contributed by atoms with van der Waals surface area (Å²) in [4.78, 5) is 4.46. The van der Waals surface area contributed by atoms with E-state index in [1.807, 2.05) is 44.5 Å². The molecule has 2 atom stereocenters. The molecule has 0 bridgehead atoms. The number of nitrogens with zero attached hydrogens (tertiary/aromatic N) is 3.